The van der Waals surface area contributed by atoms with Crippen LogP contribution in [0.2, 0.25) is 0 Å². The number of benzene rings is 1. The Morgan fingerprint density at radius 2 is 2.24 bits per heavy atom. The molecular formula is C13H14BrFN4O2. The number of nitrogens with one attached hydrogen (secondary N) is 1. The molecule has 0 saturated heterocycles. The minimum Gasteiger partial charge on any atom is -0.379 e. The van der Waals surface area contributed by atoms with E-state index in [9.17, 15) is 14.5 Å². The van der Waals surface area contributed by atoms with Gasteiger partial charge in [-0.05, 0) is 28.8 Å². The Morgan fingerprint density at radius 1 is 1.43 bits per heavy atom. The molecule has 0 unspecified atom stereocenters. The van der Waals surface area contributed by atoms with Crippen LogP contribution in [0.3, 0.4) is 0 Å². The van der Waals surface area contributed by atoms with Crippen LogP contribution in [0.4, 0.5) is 15.8 Å². The van der Waals surface area contributed by atoms with Crippen molar-refractivity contribution in [2.75, 3.05) is 11.9 Å². The topological polar surface area (TPSA) is 73.0 Å². The molecular weight excluding hydrogens is 343 g/mol. The first kappa shape index (κ1) is 15.4. The molecule has 0 fully saturated rings. The molecule has 0 aliphatic carbocycles. The highest BCUT2D eigenvalue weighted by Crippen LogP contribution is 2.30. The monoisotopic (exact) mass is 356 g/mol. The van der Waals surface area contributed by atoms with E-state index in [2.05, 4.69) is 26.2 Å². The summed E-state index contributed by atoms with van der Waals surface area (Å²) in [5.74, 6) is -0.526. The van der Waals surface area contributed by atoms with Crippen molar-refractivity contribution in [3.05, 3.63) is 51.3 Å². The first-order valence-corrected chi connectivity index (χ1v) is 7.20. The second-order valence-corrected chi connectivity index (χ2v) is 5.33. The van der Waals surface area contributed by atoms with Gasteiger partial charge in [0, 0.05) is 37.6 Å². The maximum Gasteiger partial charge on any atom is 0.293 e. The minimum atomic E-state index is -0.530. The fourth-order valence-electron chi connectivity index (χ4n) is 1.89. The molecule has 2 rings (SSSR count). The Labute approximate surface area is 129 Å². The van der Waals surface area contributed by atoms with Crippen LogP contribution in [-0.2, 0) is 6.54 Å². The largest absolute Gasteiger partial charge is 0.379 e. The van der Waals surface area contributed by atoms with E-state index < -0.39 is 10.7 Å². The van der Waals surface area contributed by atoms with Crippen molar-refractivity contribution >= 4 is 27.3 Å². The molecule has 1 N–H and O–H groups in total. The molecule has 1 aromatic heterocycles. The summed E-state index contributed by atoms with van der Waals surface area (Å²) in [6.07, 6.45) is 7.04. The standard InChI is InChI=1S/C13H14BrFN4O2/c14-10-7-13(19(20)21)12(8-11(10)15)17-3-1-2-5-18-6-4-16-9-18/h4,6-9,17H,1-3,5H2. The number of aromatic nitrogens is 2. The third-order valence-electron chi connectivity index (χ3n) is 2.95. The van der Waals surface area contributed by atoms with Crippen LogP contribution in [0.15, 0.2) is 35.3 Å². The molecule has 112 valence electrons. The molecule has 0 aliphatic heterocycles. The number of nitrogens with zero attached hydrogens (tertiary/aromatic N) is 3. The third-order valence-corrected chi connectivity index (χ3v) is 3.56. The average molecular weight is 357 g/mol. The van der Waals surface area contributed by atoms with Crippen LogP contribution in [-0.4, -0.2) is 21.0 Å². The fourth-order valence-corrected chi connectivity index (χ4v) is 2.22. The SMILES string of the molecule is O=[N+]([O-])c1cc(Br)c(F)cc1NCCCCn1ccnc1. The molecule has 0 spiro atoms. The van der Waals surface area contributed by atoms with Crippen LogP contribution < -0.4 is 5.32 Å². The molecule has 1 aromatic carbocycles. The highest BCUT2D eigenvalue weighted by Gasteiger charge is 2.16. The molecule has 0 aliphatic rings. The van der Waals surface area contributed by atoms with Gasteiger partial charge in [0.1, 0.15) is 11.5 Å². The molecule has 0 amide bonds. The van der Waals surface area contributed by atoms with E-state index >= 15 is 0 Å². The molecule has 6 nitrogen and oxygen atoms in total. The average Bonchev–Trinajstić information content (AvgIpc) is 2.95. The maximum absolute atomic E-state index is 13.5. The summed E-state index contributed by atoms with van der Waals surface area (Å²) < 4.78 is 15.5. The third kappa shape index (κ3) is 4.25. The van der Waals surface area contributed by atoms with Crippen molar-refractivity contribution in [1.29, 1.82) is 0 Å². The lowest BCUT2D eigenvalue weighted by atomic mass is 10.2. The minimum absolute atomic E-state index is 0.0832. The first-order valence-electron chi connectivity index (χ1n) is 6.41. The summed E-state index contributed by atoms with van der Waals surface area (Å²) in [4.78, 5) is 14.4. The molecule has 2 aromatic rings. The summed E-state index contributed by atoms with van der Waals surface area (Å²) in [6.45, 7) is 1.37. The van der Waals surface area contributed by atoms with Gasteiger partial charge in [0.25, 0.3) is 5.69 Å². The number of unbranched alkanes of at least 4 members (excludes halogenated alkanes) is 1. The van der Waals surface area contributed by atoms with E-state index in [0.29, 0.717) is 6.54 Å². The second-order valence-electron chi connectivity index (χ2n) is 4.47. The number of nitro benzene ring substituents is 1. The number of halogens is 2. The summed E-state index contributed by atoms with van der Waals surface area (Å²) in [5, 5.41) is 13.9. The highest BCUT2D eigenvalue weighted by molar-refractivity contribution is 9.10. The first-order chi connectivity index (χ1) is 10.1. The summed E-state index contributed by atoms with van der Waals surface area (Å²) in [6, 6.07) is 2.31. The van der Waals surface area contributed by atoms with Gasteiger partial charge in [-0.2, -0.15) is 0 Å². The fraction of sp³-hybridized carbons (Fsp3) is 0.308. The lowest BCUT2D eigenvalue weighted by molar-refractivity contribution is -0.384. The zero-order valence-electron chi connectivity index (χ0n) is 11.1. The Balaban J connectivity index is 1.87. The molecule has 21 heavy (non-hydrogen) atoms. The Morgan fingerprint density at radius 3 is 2.90 bits per heavy atom. The Bertz CT molecular complexity index is 619. The van der Waals surface area contributed by atoms with Gasteiger partial charge in [-0.1, -0.05) is 0 Å². The van der Waals surface area contributed by atoms with Crippen molar-refractivity contribution in [2.45, 2.75) is 19.4 Å². The van der Waals surface area contributed by atoms with Crippen LogP contribution in [0.5, 0.6) is 0 Å². The predicted octanol–water partition coefficient (Wildman–Crippen LogP) is 3.59. The van der Waals surface area contributed by atoms with Gasteiger partial charge in [0.15, 0.2) is 0 Å². The van der Waals surface area contributed by atoms with Crippen LogP contribution in [0.1, 0.15) is 12.8 Å². The molecule has 0 radical (unpaired) electrons. The van der Waals surface area contributed by atoms with Gasteiger partial charge >= 0.3 is 0 Å². The molecule has 0 bridgehead atoms. The van der Waals surface area contributed by atoms with E-state index in [1.807, 2.05) is 10.8 Å². The molecule has 1 heterocycles. The molecule has 0 atom stereocenters. The van der Waals surface area contributed by atoms with Crippen LogP contribution in [0.25, 0.3) is 0 Å². The number of hydrogen-bond donors (Lipinski definition) is 1. The number of nitro groups is 1. The van der Waals surface area contributed by atoms with Crippen molar-refractivity contribution in [1.82, 2.24) is 9.55 Å². The molecule has 8 heteroatoms. The lowest BCUT2D eigenvalue weighted by Crippen LogP contribution is -2.06. The number of aryl methyl sites for hydroxylation is 1. The maximum atomic E-state index is 13.5. The zero-order chi connectivity index (χ0) is 15.2. The Kier molecular flexibility index (Phi) is 5.26. The quantitative estimate of drug-likeness (QED) is 0.467. The number of rotatable bonds is 7. The van der Waals surface area contributed by atoms with E-state index in [-0.39, 0.29) is 15.8 Å². The van der Waals surface area contributed by atoms with Crippen LogP contribution in [0, 0.1) is 15.9 Å². The number of imidazole rings is 1. The predicted molar refractivity (Wildman–Crippen MR) is 80.7 cm³/mol. The van der Waals surface area contributed by atoms with Gasteiger partial charge in [0.2, 0.25) is 0 Å². The second kappa shape index (κ2) is 7.16. The lowest BCUT2D eigenvalue weighted by Gasteiger charge is -2.08. The normalized spacial score (nSPS) is 10.6. The van der Waals surface area contributed by atoms with Crippen LogP contribution >= 0.6 is 15.9 Å². The summed E-state index contributed by atoms with van der Waals surface area (Å²) >= 11 is 2.95. The number of anilines is 1. The Hall–Kier alpha value is -1.96. The van der Waals surface area contributed by atoms with Crippen molar-refractivity contribution < 1.29 is 9.31 Å². The number of hydrogen-bond acceptors (Lipinski definition) is 4. The van der Waals surface area contributed by atoms with Gasteiger partial charge < -0.3 is 9.88 Å². The summed E-state index contributed by atoms with van der Waals surface area (Å²) in [5.41, 5.74) is 0.0567. The van der Waals surface area contributed by atoms with E-state index in [0.717, 1.165) is 25.5 Å². The van der Waals surface area contributed by atoms with Gasteiger partial charge in [-0.15, -0.1) is 0 Å². The van der Waals surface area contributed by atoms with Crippen molar-refractivity contribution in [2.24, 2.45) is 0 Å². The zero-order valence-corrected chi connectivity index (χ0v) is 12.7. The van der Waals surface area contributed by atoms with Crippen molar-refractivity contribution in [3.63, 3.8) is 0 Å². The van der Waals surface area contributed by atoms with E-state index in [1.54, 1.807) is 12.5 Å². The van der Waals surface area contributed by atoms with Gasteiger partial charge in [0.05, 0.1) is 15.7 Å². The smallest absolute Gasteiger partial charge is 0.293 e. The van der Waals surface area contributed by atoms with E-state index in [4.69, 9.17) is 0 Å². The van der Waals surface area contributed by atoms with Crippen molar-refractivity contribution in [3.8, 4) is 0 Å². The highest BCUT2D eigenvalue weighted by atomic mass is 79.9. The summed E-state index contributed by atoms with van der Waals surface area (Å²) in [7, 11) is 0. The van der Waals surface area contributed by atoms with Gasteiger partial charge in [-0.3, -0.25) is 10.1 Å². The molecule has 0 saturated carbocycles. The van der Waals surface area contributed by atoms with Gasteiger partial charge in [-0.25, -0.2) is 9.37 Å². The van der Waals surface area contributed by atoms with E-state index in [1.165, 1.54) is 6.07 Å².